The van der Waals surface area contributed by atoms with Crippen molar-refractivity contribution in [1.82, 2.24) is 0 Å². The first-order valence-electron chi connectivity index (χ1n) is 6.33. The summed E-state index contributed by atoms with van der Waals surface area (Å²) in [6.07, 6.45) is 0. The van der Waals surface area contributed by atoms with Crippen molar-refractivity contribution in [2.75, 3.05) is 24.3 Å². The molecule has 0 aliphatic rings. The van der Waals surface area contributed by atoms with Crippen LogP contribution in [0.15, 0.2) is 48.5 Å². The molecule has 5 nitrogen and oxygen atoms in total. The minimum atomic E-state index is -0.370. The van der Waals surface area contributed by atoms with Crippen molar-refractivity contribution in [3.05, 3.63) is 64.2 Å². The summed E-state index contributed by atoms with van der Waals surface area (Å²) in [6.45, 7) is 0.599. The molecule has 0 aliphatic heterocycles. The third-order valence-electron chi connectivity index (χ3n) is 3.17. The highest BCUT2D eigenvalue weighted by molar-refractivity contribution is 5.57. The van der Waals surface area contributed by atoms with Crippen LogP contribution in [-0.2, 0) is 6.54 Å². The van der Waals surface area contributed by atoms with Crippen LogP contribution in [0.25, 0.3) is 0 Å². The molecule has 2 aromatic rings. The van der Waals surface area contributed by atoms with Gasteiger partial charge in [-0.2, -0.15) is 0 Å². The SMILES string of the molecule is CNc1ccc([N+](=O)[O-])cc1CN(C)c1ccccc1. The van der Waals surface area contributed by atoms with Gasteiger partial charge in [-0.15, -0.1) is 0 Å². The number of nitrogens with one attached hydrogen (secondary N) is 1. The Morgan fingerprint density at radius 2 is 1.90 bits per heavy atom. The van der Waals surface area contributed by atoms with E-state index >= 15 is 0 Å². The fourth-order valence-electron chi connectivity index (χ4n) is 2.10. The first kappa shape index (κ1) is 13.9. The topological polar surface area (TPSA) is 58.4 Å². The van der Waals surface area contributed by atoms with Crippen LogP contribution in [0.4, 0.5) is 17.1 Å². The molecule has 0 heterocycles. The molecule has 5 heteroatoms. The molecule has 20 heavy (non-hydrogen) atoms. The average molecular weight is 271 g/mol. The van der Waals surface area contributed by atoms with E-state index in [9.17, 15) is 10.1 Å². The van der Waals surface area contributed by atoms with E-state index in [0.29, 0.717) is 6.54 Å². The molecule has 0 saturated heterocycles. The maximum atomic E-state index is 10.9. The summed E-state index contributed by atoms with van der Waals surface area (Å²) in [5, 5.41) is 13.9. The largest absolute Gasteiger partial charge is 0.388 e. The highest BCUT2D eigenvalue weighted by Crippen LogP contribution is 2.24. The van der Waals surface area contributed by atoms with Crippen LogP contribution in [-0.4, -0.2) is 19.0 Å². The number of hydrogen-bond donors (Lipinski definition) is 1. The normalized spacial score (nSPS) is 10.1. The number of anilines is 2. The van der Waals surface area contributed by atoms with Crippen LogP contribution in [0, 0.1) is 10.1 Å². The van der Waals surface area contributed by atoms with Gasteiger partial charge in [0, 0.05) is 49.7 Å². The second-order valence-corrected chi connectivity index (χ2v) is 4.54. The highest BCUT2D eigenvalue weighted by Gasteiger charge is 2.12. The molecule has 0 unspecified atom stereocenters. The van der Waals surface area contributed by atoms with Crippen LogP contribution < -0.4 is 10.2 Å². The molecule has 104 valence electrons. The standard InChI is InChI=1S/C15H17N3O2/c1-16-15-9-8-14(18(19)20)10-12(15)11-17(2)13-6-4-3-5-7-13/h3-10,16H,11H2,1-2H3. The number of nitrogens with zero attached hydrogens (tertiary/aromatic N) is 2. The first-order valence-corrected chi connectivity index (χ1v) is 6.33. The van der Waals surface area contributed by atoms with Crippen LogP contribution in [0.5, 0.6) is 0 Å². The van der Waals surface area contributed by atoms with Crippen molar-refractivity contribution in [2.45, 2.75) is 6.54 Å². The molecule has 0 amide bonds. The number of rotatable bonds is 5. The van der Waals surface area contributed by atoms with E-state index in [-0.39, 0.29) is 10.6 Å². The van der Waals surface area contributed by atoms with E-state index in [4.69, 9.17) is 0 Å². The number of nitro groups is 1. The quantitative estimate of drug-likeness (QED) is 0.669. The maximum absolute atomic E-state index is 10.9. The fraction of sp³-hybridized carbons (Fsp3) is 0.200. The Kier molecular flexibility index (Phi) is 4.20. The van der Waals surface area contributed by atoms with E-state index in [0.717, 1.165) is 16.9 Å². The molecule has 2 aromatic carbocycles. The lowest BCUT2D eigenvalue weighted by Gasteiger charge is -2.21. The van der Waals surface area contributed by atoms with Gasteiger partial charge in [-0.25, -0.2) is 0 Å². The molecule has 0 bridgehead atoms. The summed E-state index contributed by atoms with van der Waals surface area (Å²) in [7, 11) is 3.78. The van der Waals surface area contributed by atoms with Crippen LogP contribution in [0.3, 0.4) is 0 Å². The number of non-ortho nitro benzene ring substituents is 1. The van der Waals surface area contributed by atoms with Crippen molar-refractivity contribution in [1.29, 1.82) is 0 Å². The van der Waals surface area contributed by atoms with Crippen molar-refractivity contribution in [3.8, 4) is 0 Å². The van der Waals surface area contributed by atoms with Gasteiger partial charge in [0.25, 0.3) is 5.69 Å². The van der Waals surface area contributed by atoms with Gasteiger partial charge < -0.3 is 10.2 Å². The Hall–Kier alpha value is -2.56. The van der Waals surface area contributed by atoms with Gasteiger partial charge in [-0.05, 0) is 18.2 Å². The van der Waals surface area contributed by atoms with Crippen molar-refractivity contribution in [2.24, 2.45) is 0 Å². The van der Waals surface area contributed by atoms with Crippen molar-refractivity contribution < 1.29 is 4.92 Å². The molecule has 0 atom stereocenters. The summed E-state index contributed by atoms with van der Waals surface area (Å²) in [5.41, 5.74) is 2.98. The molecular weight excluding hydrogens is 254 g/mol. The average Bonchev–Trinajstić information content (AvgIpc) is 2.48. The van der Waals surface area contributed by atoms with Gasteiger partial charge in [0.15, 0.2) is 0 Å². The Bertz CT molecular complexity index is 599. The van der Waals surface area contributed by atoms with Gasteiger partial charge in [0.1, 0.15) is 0 Å². The highest BCUT2D eigenvalue weighted by atomic mass is 16.6. The van der Waals surface area contributed by atoms with Crippen LogP contribution in [0.1, 0.15) is 5.56 Å². The van der Waals surface area contributed by atoms with Gasteiger partial charge in [0.2, 0.25) is 0 Å². The molecule has 0 fully saturated rings. The third-order valence-corrected chi connectivity index (χ3v) is 3.17. The summed E-state index contributed by atoms with van der Waals surface area (Å²) >= 11 is 0. The molecule has 0 aliphatic carbocycles. The lowest BCUT2D eigenvalue weighted by Crippen LogP contribution is -2.17. The predicted molar refractivity (Wildman–Crippen MR) is 81.2 cm³/mol. The zero-order valence-electron chi connectivity index (χ0n) is 11.5. The third kappa shape index (κ3) is 3.06. The number of benzene rings is 2. The number of nitro benzene ring substituents is 1. The summed E-state index contributed by atoms with van der Waals surface area (Å²) in [4.78, 5) is 12.6. The fourth-order valence-corrected chi connectivity index (χ4v) is 2.10. The second-order valence-electron chi connectivity index (χ2n) is 4.54. The van der Waals surface area contributed by atoms with Gasteiger partial charge in [0.05, 0.1) is 4.92 Å². The van der Waals surface area contributed by atoms with E-state index in [1.807, 2.05) is 44.4 Å². The van der Waals surface area contributed by atoms with E-state index in [1.165, 1.54) is 6.07 Å². The van der Waals surface area contributed by atoms with Gasteiger partial charge in [-0.1, -0.05) is 18.2 Å². The second kappa shape index (κ2) is 6.06. The summed E-state index contributed by atoms with van der Waals surface area (Å²) in [5.74, 6) is 0. The molecule has 0 saturated carbocycles. The molecular formula is C15H17N3O2. The number of hydrogen-bond acceptors (Lipinski definition) is 4. The minimum Gasteiger partial charge on any atom is -0.388 e. The zero-order valence-corrected chi connectivity index (χ0v) is 11.5. The summed E-state index contributed by atoms with van der Waals surface area (Å²) in [6, 6.07) is 14.8. The molecule has 1 N–H and O–H groups in total. The van der Waals surface area contributed by atoms with E-state index in [2.05, 4.69) is 10.2 Å². The number of para-hydroxylation sites is 1. The minimum absolute atomic E-state index is 0.112. The van der Waals surface area contributed by atoms with E-state index in [1.54, 1.807) is 12.1 Å². The molecule has 0 spiro atoms. The van der Waals surface area contributed by atoms with Gasteiger partial charge in [-0.3, -0.25) is 10.1 Å². The first-order chi connectivity index (χ1) is 9.61. The van der Waals surface area contributed by atoms with Crippen molar-refractivity contribution in [3.63, 3.8) is 0 Å². The maximum Gasteiger partial charge on any atom is 0.269 e. The lowest BCUT2D eigenvalue weighted by atomic mass is 10.1. The van der Waals surface area contributed by atoms with Crippen LogP contribution >= 0.6 is 0 Å². The van der Waals surface area contributed by atoms with E-state index < -0.39 is 0 Å². The molecule has 0 radical (unpaired) electrons. The summed E-state index contributed by atoms with van der Waals surface area (Å²) < 4.78 is 0. The van der Waals surface area contributed by atoms with Crippen LogP contribution in [0.2, 0.25) is 0 Å². The van der Waals surface area contributed by atoms with Gasteiger partial charge >= 0.3 is 0 Å². The monoisotopic (exact) mass is 271 g/mol. The Morgan fingerprint density at radius 1 is 1.20 bits per heavy atom. The Balaban J connectivity index is 2.27. The zero-order chi connectivity index (χ0) is 14.5. The molecule has 2 rings (SSSR count). The van der Waals surface area contributed by atoms with Crippen molar-refractivity contribution >= 4 is 17.1 Å². The molecule has 0 aromatic heterocycles. The Morgan fingerprint density at radius 3 is 2.50 bits per heavy atom. The lowest BCUT2D eigenvalue weighted by molar-refractivity contribution is -0.384. The Labute approximate surface area is 118 Å². The predicted octanol–water partition coefficient (Wildman–Crippen LogP) is 3.27. The smallest absolute Gasteiger partial charge is 0.269 e.